The second kappa shape index (κ2) is 9.62. The second-order valence-electron chi connectivity index (χ2n) is 11.2. The predicted molar refractivity (Wildman–Crippen MR) is 141 cm³/mol. The number of carbonyl (C=O) groups is 1. The highest BCUT2D eigenvalue weighted by molar-refractivity contribution is 5.93. The van der Waals surface area contributed by atoms with Gasteiger partial charge in [-0.2, -0.15) is 0 Å². The molecule has 3 aromatic rings. The van der Waals surface area contributed by atoms with E-state index in [1.165, 1.54) is 27.6 Å². The smallest absolute Gasteiger partial charge is 0.319 e. The average molecular weight is 448 g/mol. The largest absolute Gasteiger partial charge is 0.351 e. The Bertz CT molecular complexity index is 1090. The molecule has 0 saturated heterocycles. The van der Waals surface area contributed by atoms with Gasteiger partial charge in [0.1, 0.15) is 0 Å². The minimum Gasteiger partial charge on any atom is -0.351 e. The highest BCUT2D eigenvalue weighted by atomic mass is 16.2. The zero-order chi connectivity index (χ0) is 24.5. The Balaban J connectivity index is 2.18. The molecule has 1 unspecified atom stereocenters. The highest BCUT2D eigenvalue weighted by Crippen LogP contribution is 2.40. The van der Waals surface area contributed by atoms with Crippen molar-refractivity contribution in [2.45, 2.75) is 72.6 Å². The summed E-state index contributed by atoms with van der Waals surface area (Å²) in [6, 6.07) is 14.5. The molecule has 4 heteroatoms. The van der Waals surface area contributed by atoms with Gasteiger partial charge >= 0.3 is 6.03 Å². The van der Waals surface area contributed by atoms with E-state index in [1.54, 1.807) is 0 Å². The van der Waals surface area contributed by atoms with Gasteiger partial charge in [-0.05, 0) is 46.4 Å². The van der Waals surface area contributed by atoms with Crippen molar-refractivity contribution in [1.29, 1.82) is 0 Å². The Labute approximate surface area is 199 Å². The van der Waals surface area contributed by atoms with Crippen molar-refractivity contribution in [3.8, 4) is 0 Å². The number of fused-ring (bicyclic) bond motifs is 1. The first-order valence-corrected chi connectivity index (χ1v) is 12.1. The predicted octanol–water partition coefficient (Wildman–Crippen LogP) is 7.53. The molecule has 3 rings (SSSR count). The number of nitrogens with zero attached hydrogens (tertiary/aromatic N) is 2. The van der Waals surface area contributed by atoms with Crippen LogP contribution in [0.5, 0.6) is 0 Å². The number of benzene rings is 2. The number of aryl methyl sites for hydroxylation is 1. The van der Waals surface area contributed by atoms with Crippen molar-refractivity contribution in [2.24, 2.45) is 18.2 Å². The van der Waals surface area contributed by atoms with Crippen LogP contribution in [0.15, 0.2) is 48.7 Å². The Morgan fingerprint density at radius 2 is 1.52 bits per heavy atom. The van der Waals surface area contributed by atoms with Crippen LogP contribution in [0.3, 0.4) is 0 Å². The molecule has 0 aliphatic rings. The van der Waals surface area contributed by atoms with Crippen LogP contribution in [0.1, 0.15) is 89.3 Å². The van der Waals surface area contributed by atoms with Crippen molar-refractivity contribution in [3.63, 3.8) is 0 Å². The van der Waals surface area contributed by atoms with E-state index in [0.29, 0.717) is 18.4 Å². The molecule has 178 valence electrons. The zero-order valence-corrected chi connectivity index (χ0v) is 21.6. The first kappa shape index (κ1) is 24.9. The van der Waals surface area contributed by atoms with Gasteiger partial charge in [-0.25, -0.2) is 4.79 Å². The molecule has 1 heterocycles. The van der Waals surface area contributed by atoms with Crippen LogP contribution >= 0.6 is 0 Å². The standard InChI is InChI=1S/C29H41N3O/c1-19(2)22-13-11-14-23(20(3)4)27(22)32(28(30)33)17-21(16-29(5,6)7)25-18-31(8)26-15-10-9-12-24(25)26/h9-15,18-21H,16-17H2,1-8H3,(H2,30,33). The van der Waals surface area contributed by atoms with Crippen LogP contribution in [0.2, 0.25) is 0 Å². The van der Waals surface area contributed by atoms with Gasteiger partial charge in [-0.15, -0.1) is 0 Å². The van der Waals surface area contributed by atoms with Gasteiger partial charge in [0.2, 0.25) is 0 Å². The van der Waals surface area contributed by atoms with Crippen LogP contribution in [0.25, 0.3) is 10.9 Å². The molecule has 0 spiro atoms. The minimum absolute atomic E-state index is 0.101. The monoisotopic (exact) mass is 447 g/mol. The third-order valence-electron chi connectivity index (χ3n) is 6.51. The van der Waals surface area contributed by atoms with E-state index in [0.717, 1.165) is 12.1 Å². The summed E-state index contributed by atoms with van der Waals surface area (Å²) < 4.78 is 2.19. The fourth-order valence-electron chi connectivity index (χ4n) is 5.05. The molecule has 4 nitrogen and oxygen atoms in total. The maximum absolute atomic E-state index is 13.0. The molecular formula is C29H41N3O. The summed E-state index contributed by atoms with van der Waals surface area (Å²) in [5.41, 5.74) is 12.0. The van der Waals surface area contributed by atoms with Crippen LogP contribution < -0.4 is 10.6 Å². The van der Waals surface area contributed by atoms with Gasteiger partial charge < -0.3 is 10.3 Å². The average Bonchev–Trinajstić information content (AvgIpc) is 3.06. The Hall–Kier alpha value is -2.75. The Morgan fingerprint density at radius 3 is 2.03 bits per heavy atom. The van der Waals surface area contributed by atoms with Gasteiger partial charge in [0.15, 0.2) is 0 Å². The quantitative estimate of drug-likeness (QED) is 0.400. The molecule has 2 N–H and O–H groups in total. The lowest BCUT2D eigenvalue weighted by molar-refractivity contribution is 0.252. The first-order chi connectivity index (χ1) is 15.4. The molecule has 0 radical (unpaired) electrons. The summed E-state index contributed by atoms with van der Waals surface area (Å²) in [6.45, 7) is 16.1. The Kier molecular flexibility index (Phi) is 7.26. The van der Waals surface area contributed by atoms with Crippen molar-refractivity contribution >= 4 is 22.6 Å². The molecule has 0 fully saturated rings. The highest BCUT2D eigenvalue weighted by Gasteiger charge is 2.30. The van der Waals surface area contributed by atoms with E-state index in [4.69, 9.17) is 5.73 Å². The van der Waals surface area contributed by atoms with Crippen LogP contribution in [0.4, 0.5) is 10.5 Å². The normalized spacial score (nSPS) is 13.2. The van der Waals surface area contributed by atoms with E-state index < -0.39 is 0 Å². The number of carbonyl (C=O) groups excluding carboxylic acids is 1. The van der Waals surface area contributed by atoms with E-state index in [9.17, 15) is 4.79 Å². The molecule has 2 amide bonds. The summed E-state index contributed by atoms with van der Waals surface area (Å²) in [6.07, 6.45) is 3.18. The molecule has 0 aliphatic carbocycles. The van der Waals surface area contributed by atoms with Crippen LogP contribution in [0, 0.1) is 5.41 Å². The summed E-state index contributed by atoms with van der Waals surface area (Å²) in [5, 5.41) is 1.25. The summed E-state index contributed by atoms with van der Waals surface area (Å²) in [4.78, 5) is 14.8. The van der Waals surface area contributed by atoms with Crippen molar-refractivity contribution in [1.82, 2.24) is 4.57 Å². The van der Waals surface area contributed by atoms with Crippen molar-refractivity contribution < 1.29 is 4.79 Å². The van der Waals surface area contributed by atoms with Gasteiger partial charge in [-0.3, -0.25) is 4.90 Å². The van der Waals surface area contributed by atoms with Gasteiger partial charge in [0.25, 0.3) is 0 Å². The SMILES string of the molecule is CC(C)c1cccc(C(C)C)c1N(CC(CC(C)(C)C)c1cn(C)c2ccccc12)C(N)=O. The molecule has 33 heavy (non-hydrogen) atoms. The maximum atomic E-state index is 13.0. The lowest BCUT2D eigenvalue weighted by atomic mass is 9.80. The summed E-state index contributed by atoms with van der Waals surface area (Å²) in [5.74, 6) is 0.738. The van der Waals surface area contributed by atoms with E-state index in [1.807, 2.05) is 4.90 Å². The zero-order valence-electron chi connectivity index (χ0n) is 21.6. The number of hydrogen-bond donors (Lipinski definition) is 1. The number of anilines is 1. The minimum atomic E-state index is -0.385. The number of amides is 2. The molecule has 1 atom stereocenters. The van der Waals surface area contributed by atoms with Crippen molar-refractivity contribution in [2.75, 3.05) is 11.4 Å². The number of aromatic nitrogens is 1. The molecular weight excluding hydrogens is 406 g/mol. The molecule has 0 bridgehead atoms. The van der Waals surface area contributed by atoms with Crippen LogP contribution in [-0.2, 0) is 7.05 Å². The van der Waals surface area contributed by atoms with Crippen LogP contribution in [-0.4, -0.2) is 17.1 Å². The third-order valence-corrected chi connectivity index (χ3v) is 6.51. The second-order valence-corrected chi connectivity index (χ2v) is 11.2. The number of nitrogens with two attached hydrogens (primary N) is 1. The molecule has 0 aliphatic heterocycles. The van der Waals surface area contributed by atoms with E-state index in [-0.39, 0.29) is 17.4 Å². The number of primary amides is 1. The summed E-state index contributed by atoms with van der Waals surface area (Å²) in [7, 11) is 2.09. The van der Waals surface area contributed by atoms with Gasteiger partial charge in [0.05, 0.1) is 5.69 Å². The topological polar surface area (TPSA) is 51.3 Å². The fourth-order valence-corrected chi connectivity index (χ4v) is 5.05. The van der Waals surface area contributed by atoms with Gasteiger partial charge in [-0.1, -0.05) is 84.9 Å². The molecule has 0 saturated carbocycles. The fraction of sp³-hybridized carbons (Fsp3) is 0.483. The number of urea groups is 1. The lowest BCUT2D eigenvalue weighted by Gasteiger charge is -2.34. The maximum Gasteiger partial charge on any atom is 0.319 e. The number of hydrogen-bond acceptors (Lipinski definition) is 1. The van der Waals surface area contributed by atoms with E-state index >= 15 is 0 Å². The number of rotatable bonds is 7. The number of para-hydroxylation sites is 2. The lowest BCUT2D eigenvalue weighted by Crippen LogP contribution is -2.41. The molecule has 1 aromatic heterocycles. The first-order valence-electron chi connectivity index (χ1n) is 12.1. The Morgan fingerprint density at radius 1 is 0.939 bits per heavy atom. The van der Waals surface area contributed by atoms with Crippen molar-refractivity contribution in [3.05, 3.63) is 65.4 Å². The third kappa shape index (κ3) is 5.43. The van der Waals surface area contributed by atoms with Gasteiger partial charge in [0, 0.05) is 36.6 Å². The summed E-state index contributed by atoms with van der Waals surface area (Å²) >= 11 is 0. The van der Waals surface area contributed by atoms with E-state index in [2.05, 4.69) is 109 Å². The molecule has 2 aromatic carbocycles.